The molecule has 0 radical (unpaired) electrons. The Hall–Kier alpha value is -2.75. The predicted molar refractivity (Wildman–Crippen MR) is 113 cm³/mol. The number of ether oxygens (including phenoxy) is 1. The average molecular weight is 398 g/mol. The van der Waals surface area contributed by atoms with Crippen LogP contribution in [0.3, 0.4) is 0 Å². The van der Waals surface area contributed by atoms with Crippen LogP contribution in [0.4, 0.5) is 22.3 Å². The van der Waals surface area contributed by atoms with Crippen molar-refractivity contribution in [3.05, 3.63) is 43.0 Å². The van der Waals surface area contributed by atoms with Gasteiger partial charge in [-0.2, -0.15) is 0 Å². The van der Waals surface area contributed by atoms with Crippen LogP contribution in [0.15, 0.2) is 43.0 Å². The van der Waals surface area contributed by atoms with Crippen LogP contribution >= 0.6 is 11.3 Å². The molecule has 9 heteroatoms. The number of anilines is 4. The molecule has 0 bridgehead atoms. The Kier molecular flexibility index (Phi) is 5.95. The Balaban J connectivity index is 1.46. The van der Waals surface area contributed by atoms with E-state index in [0.29, 0.717) is 13.1 Å². The largest absolute Gasteiger partial charge is 0.383 e. The third-order valence-corrected chi connectivity index (χ3v) is 5.32. The van der Waals surface area contributed by atoms with Crippen LogP contribution in [-0.2, 0) is 4.74 Å². The summed E-state index contributed by atoms with van der Waals surface area (Å²) >= 11 is 1.57. The summed E-state index contributed by atoms with van der Waals surface area (Å²) in [4.78, 5) is 16.5. The first kappa shape index (κ1) is 18.6. The molecule has 4 rings (SSSR count). The molecule has 28 heavy (non-hydrogen) atoms. The quantitative estimate of drug-likeness (QED) is 0.559. The van der Waals surface area contributed by atoms with Gasteiger partial charge in [0.2, 0.25) is 0 Å². The summed E-state index contributed by atoms with van der Waals surface area (Å²) < 4.78 is 5.42. The number of nitrogens with zero attached hydrogens (tertiary/aromatic N) is 4. The summed E-state index contributed by atoms with van der Waals surface area (Å²) in [5.41, 5.74) is 8.65. The number of aromatic nitrogens is 3. The van der Waals surface area contributed by atoms with Gasteiger partial charge in [0, 0.05) is 68.3 Å². The normalized spacial score (nSPS) is 14.1. The Morgan fingerprint density at radius 3 is 2.89 bits per heavy atom. The minimum absolute atomic E-state index is 0.579. The molecule has 0 unspecified atom stereocenters. The molecular formula is C19H23N7OS. The van der Waals surface area contributed by atoms with Gasteiger partial charge in [-0.1, -0.05) is 11.3 Å². The highest BCUT2D eigenvalue weighted by molar-refractivity contribution is 7.18. The van der Waals surface area contributed by atoms with E-state index in [0.717, 1.165) is 59.1 Å². The van der Waals surface area contributed by atoms with E-state index in [9.17, 15) is 0 Å². The number of nitrogens with one attached hydrogen (secondary N) is 2. The molecule has 8 nitrogen and oxygen atoms in total. The summed E-state index contributed by atoms with van der Waals surface area (Å²) in [6.45, 7) is 4.60. The monoisotopic (exact) mass is 397 g/mol. The molecule has 0 saturated carbocycles. The molecule has 0 aromatic carbocycles. The molecule has 1 fully saturated rings. The van der Waals surface area contributed by atoms with Crippen LogP contribution < -0.4 is 21.3 Å². The SMILES string of the molecule is NCCNc1cncc(-c2cnc(Nc3cc(N4CCOCC4)ccn3)s2)c1. The fourth-order valence-corrected chi connectivity index (χ4v) is 3.77. The van der Waals surface area contributed by atoms with Crippen LogP contribution in [0, 0.1) is 0 Å². The lowest BCUT2D eigenvalue weighted by Gasteiger charge is -2.28. The van der Waals surface area contributed by atoms with Crippen molar-refractivity contribution in [3.63, 3.8) is 0 Å². The van der Waals surface area contributed by atoms with Crippen LogP contribution in [0.1, 0.15) is 0 Å². The number of nitrogens with two attached hydrogens (primary N) is 1. The highest BCUT2D eigenvalue weighted by Crippen LogP contribution is 2.31. The Morgan fingerprint density at radius 2 is 2.04 bits per heavy atom. The number of thiazole rings is 1. The molecule has 1 aliphatic heterocycles. The minimum atomic E-state index is 0.579. The predicted octanol–water partition coefficient (Wildman–Crippen LogP) is 2.55. The van der Waals surface area contributed by atoms with Gasteiger partial charge in [0.15, 0.2) is 5.13 Å². The van der Waals surface area contributed by atoms with Gasteiger partial charge in [-0.3, -0.25) is 4.98 Å². The molecule has 0 aliphatic carbocycles. The molecule has 0 amide bonds. The van der Waals surface area contributed by atoms with Crippen molar-refractivity contribution in [1.29, 1.82) is 0 Å². The summed E-state index contributed by atoms with van der Waals surface area (Å²) in [5.74, 6) is 0.779. The summed E-state index contributed by atoms with van der Waals surface area (Å²) in [6.07, 6.45) is 7.29. The third-order valence-electron chi connectivity index (χ3n) is 4.36. The third kappa shape index (κ3) is 4.56. The zero-order valence-corrected chi connectivity index (χ0v) is 16.3. The summed E-state index contributed by atoms with van der Waals surface area (Å²) in [5, 5.41) is 7.35. The zero-order chi connectivity index (χ0) is 19.2. The van der Waals surface area contributed by atoms with Crippen LogP contribution in [0.5, 0.6) is 0 Å². The van der Waals surface area contributed by atoms with E-state index < -0.39 is 0 Å². The molecule has 1 saturated heterocycles. The number of hydrogen-bond acceptors (Lipinski definition) is 9. The highest BCUT2D eigenvalue weighted by Gasteiger charge is 2.12. The molecule has 1 aliphatic rings. The second kappa shape index (κ2) is 8.96. The first-order valence-corrected chi connectivity index (χ1v) is 10.0. The lowest BCUT2D eigenvalue weighted by molar-refractivity contribution is 0.122. The fraction of sp³-hybridized carbons (Fsp3) is 0.316. The smallest absolute Gasteiger partial charge is 0.188 e. The molecule has 0 atom stereocenters. The maximum absolute atomic E-state index is 5.55. The molecular weight excluding hydrogens is 374 g/mol. The molecule has 4 N–H and O–H groups in total. The van der Waals surface area contributed by atoms with Gasteiger partial charge in [-0.15, -0.1) is 0 Å². The van der Waals surface area contributed by atoms with Crippen LogP contribution in [0.25, 0.3) is 10.4 Å². The number of hydrogen-bond donors (Lipinski definition) is 3. The van der Waals surface area contributed by atoms with Crippen molar-refractivity contribution in [1.82, 2.24) is 15.0 Å². The van der Waals surface area contributed by atoms with Gasteiger partial charge in [-0.05, 0) is 12.1 Å². The van der Waals surface area contributed by atoms with E-state index in [1.807, 2.05) is 30.7 Å². The number of rotatable bonds is 7. The molecule has 146 valence electrons. The standard InChI is InChI=1S/C19H23N7OS/c20-2-4-22-15-9-14(11-21-12-15)17-13-24-19(28-17)25-18-10-16(1-3-23-18)26-5-7-27-8-6-26/h1,3,9-13,22H,2,4-8,20H2,(H,23,24,25). The Labute approximate surface area is 167 Å². The molecule has 0 spiro atoms. The summed E-state index contributed by atoms with van der Waals surface area (Å²) in [7, 11) is 0. The second-order valence-corrected chi connectivity index (χ2v) is 7.36. The topological polar surface area (TPSA) is 101 Å². The number of morpholine rings is 1. The van der Waals surface area contributed by atoms with E-state index in [4.69, 9.17) is 10.5 Å². The van der Waals surface area contributed by atoms with E-state index in [1.165, 1.54) is 0 Å². The fourth-order valence-electron chi connectivity index (χ4n) is 2.97. The van der Waals surface area contributed by atoms with Crippen LogP contribution in [0.2, 0.25) is 0 Å². The lowest BCUT2D eigenvalue weighted by Crippen LogP contribution is -2.36. The maximum Gasteiger partial charge on any atom is 0.188 e. The Morgan fingerprint density at radius 1 is 1.14 bits per heavy atom. The lowest BCUT2D eigenvalue weighted by atomic mass is 10.2. The van der Waals surface area contributed by atoms with Gasteiger partial charge in [-0.25, -0.2) is 9.97 Å². The molecule has 4 heterocycles. The number of pyridine rings is 2. The van der Waals surface area contributed by atoms with Gasteiger partial charge in [0.25, 0.3) is 0 Å². The van der Waals surface area contributed by atoms with Crippen molar-refractivity contribution < 1.29 is 4.74 Å². The minimum Gasteiger partial charge on any atom is -0.383 e. The molecule has 3 aromatic rings. The highest BCUT2D eigenvalue weighted by atomic mass is 32.1. The van der Waals surface area contributed by atoms with Gasteiger partial charge >= 0.3 is 0 Å². The van der Waals surface area contributed by atoms with E-state index in [2.05, 4.69) is 36.6 Å². The van der Waals surface area contributed by atoms with E-state index >= 15 is 0 Å². The van der Waals surface area contributed by atoms with Crippen molar-refractivity contribution in [2.24, 2.45) is 5.73 Å². The van der Waals surface area contributed by atoms with Gasteiger partial charge < -0.3 is 26.0 Å². The average Bonchev–Trinajstić information content (AvgIpc) is 3.22. The van der Waals surface area contributed by atoms with Crippen molar-refractivity contribution in [2.75, 3.05) is 54.9 Å². The van der Waals surface area contributed by atoms with Crippen molar-refractivity contribution >= 4 is 33.7 Å². The van der Waals surface area contributed by atoms with Gasteiger partial charge in [0.05, 0.1) is 23.8 Å². The first-order valence-electron chi connectivity index (χ1n) is 9.23. The van der Waals surface area contributed by atoms with Crippen molar-refractivity contribution in [2.45, 2.75) is 0 Å². The zero-order valence-electron chi connectivity index (χ0n) is 15.5. The maximum atomic E-state index is 5.55. The molecule has 3 aromatic heterocycles. The van der Waals surface area contributed by atoms with E-state index in [1.54, 1.807) is 17.5 Å². The van der Waals surface area contributed by atoms with E-state index in [-0.39, 0.29) is 0 Å². The van der Waals surface area contributed by atoms with Crippen LogP contribution in [-0.4, -0.2) is 54.3 Å². The van der Waals surface area contributed by atoms with Gasteiger partial charge in [0.1, 0.15) is 5.82 Å². The first-order chi connectivity index (χ1) is 13.8. The summed E-state index contributed by atoms with van der Waals surface area (Å²) in [6, 6.07) is 6.12. The van der Waals surface area contributed by atoms with Crippen molar-refractivity contribution in [3.8, 4) is 10.4 Å². The second-order valence-electron chi connectivity index (χ2n) is 6.33. The Bertz CT molecular complexity index is 911.